The molecule has 0 radical (unpaired) electrons. The predicted octanol–water partition coefficient (Wildman–Crippen LogP) is 4.40. The van der Waals surface area contributed by atoms with Gasteiger partial charge in [0.25, 0.3) is 5.91 Å². The molecule has 34 heavy (non-hydrogen) atoms. The van der Waals surface area contributed by atoms with E-state index in [1.165, 1.54) is 6.21 Å². The lowest BCUT2D eigenvalue weighted by atomic mass is 10.1. The van der Waals surface area contributed by atoms with Crippen molar-refractivity contribution in [2.45, 2.75) is 20.0 Å². The van der Waals surface area contributed by atoms with Crippen molar-refractivity contribution in [1.82, 2.24) is 5.43 Å². The van der Waals surface area contributed by atoms with Crippen molar-refractivity contribution in [2.75, 3.05) is 17.1 Å². The first-order valence-electron chi connectivity index (χ1n) is 10.6. The molecule has 0 fully saturated rings. The van der Waals surface area contributed by atoms with E-state index in [1.807, 2.05) is 37.3 Å². The number of carbonyl (C=O) groups excluding carboxylic acids is 1. The Labute approximate surface area is 205 Å². The molecule has 1 N–H and O–H groups in total. The van der Waals surface area contributed by atoms with Crippen molar-refractivity contribution >= 4 is 39.4 Å². The van der Waals surface area contributed by atoms with Crippen LogP contribution in [0.25, 0.3) is 0 Å². The van der Waals surface area contributed by atoms with E-state index in [9.17, 15) is 13.2 Å². The number of carbonyl (C=O) groups is 1. The smallest absolute Gasteiger partial charge is 0.260 e. The molecule has 0 bridgehead atoms. The Balaban J connectivity index is 1.57. The first kappa shape index (κ1) is 25.3. The molecule has 0 aliphatic heterocycles. The highest BCUT2D eigenvalue weighted by Gasteiger charge is 2.22. The average Bonchev–Trinajstić information content (AvgIpc) is 2.81. The number of benzene rings is 3. The number of para-hydroxylation sites is 1. The molecule has 0 saturated heterocycles. The topological polar surface area (TPSA) is 88.1 Å². The van der Waals surface area contributed by atoms with Crippen molar-refractivity contribution in [1.29, 1.82) is 0 Å². The number of hydrogen-bond donors (Lipinski definition) is 1. The van der Waals surface area contributed by atoms with Gasteiger partial charge >= 0.3 is 0 Å². The van der Waals surface area contributed by atoms with Gasteiger partial charge in [0.05, 0.1) is 18.2 Å². The quantitative estimate of drug-likeness (QED) is 0.331. The first-order chi connectivity index (χ1) is 16.3. The van der Waals surface area contributed by atoms with Gasteiger partial charge < -0.3 is 4.74 Å². The summed E-state index contributed by atoms with van der Waals surface area (Å²) in [7, 11) is -3.66. The van der Waals surface area contributed by atoms with Crippen molar-refractivity contribution in [3.05, 3.63) is 94.5 Å². The summed E-state index contributed by atoms with van der Waals surface area (Å²) in [5.74, 6) is 0.133. The predicted molar refractivity (Wildman–Crippen MR) is 136 cm³/mol. The van der Waals surface area contributed by atoms with Crippen molar-refractivity contribution < 1.29 is 17.9 Å². The molecule has 0 aliphatic carbocycles. The van der Waals surface area contributed by atoms with Crippen LogP contribution in [0, 0.1) is 0 Å². The molecule has 0 atom stereocenters. The van der Waals surface area contributed by atoms with E-state index >= 15 is 0 Å². The van der Waals surface area contributed by atoms with Gasteiger partial charge in [0, 0.05) is 5.02 Å². The second-order valence-corrected chi connectivity index (χ2v) is 9.88. The lowest BCUT2D eigenvalue weighted by Gasteiger charge is -2.23. The van der Waals surface area contributed by atoms with Gasteiger partial charge in [-0.15, -0.1) is 0 Å². The van der Waals surface area contributed by atoms with E-state index < -0.39 is 15.9 Å². The highest BCUT2D eigenvalue weighted by Crippen LogP contribution is 2.23. The molecule has 0 unspecified atom stereocenters. The van der Waals surface area contributed by atoms with Crippen LogP contribution in [0.4, 0.5) is 5.69 Å². The molecule has 3 aromatic rings. The number of rotatable bonds is 10. The zero-order chi connectivity index (χ0) is 24.6. The Bertz CT molecular complexity index is 1260. The molecule has 0 heterocycles. The van der Waals surface area contributed by atoms with Gasteiger partial charge in [-0.1, -0.05) is 48.9 Å². The molecule has 1 amide bonds. The van der Waals surface area contributed by atoms with Crippen LogP contribution in [-0.2, 0) is 27.8 Å². The maximum atomic E-state index is 12.4. The minimum Gasteiger partial charge on any atom is -0.489 e. The molecular weight excluding hydrogens is 474 g/mol. The highest BCUT2D eigenvalue weighted by atomic mass is 35.5. The number of nitrogens with zero attached hydrogens (tertiary/aromatic N) is 2. The summed E-state index contributed by atoms with van der Waals surface area (Å²) < 4.78 is 31.5. The van der Waals surface area contributed by atoms with Crippen molar-refractivity contribution in [3.8, 4) is 5.75 Å². The minimum atomic E-state index is -3.66. The zero-order valence-corrected chi connectivity index (χ0v) is 20.5. The van der Waals surface area contributed by atoms with Gasteiger partial charge in [-0.05, 0) is 65.6 Å². The van der Waals surface area contributed by atoms with E-state index in [0.29, 0.717) is 29.5 Å². The Morgan fingerprint density at radius 1 is 1.09 bits per heavy atom. The molecule has 3 aromatic carbocycles. The molecule has 178 valence electrons. The average molecular weight is 500 g/mol. The zero-order valence-electron chi connectivity index (χ0n) is 18.9. The maximum absolute atomic E-state index is 12.4. The number of hydrogen-bond acceptors (Lipinski definition) is 5. The van der Waals surface area contributed by atoms with Crippen molar-refractivity contribution in [3.63, 3.8) is 0 Å². The van der Waals surface area contributed by atoms with Gasteiger partial charge in [-0.2, -0.15) is 5.10 Å². The van der Waals surface area contributed by atoms with Gasteiger partial charge in [0.2, 0.25) is 10.0 Å². The van der Waals surface area contributed by atoms with Crippen LogP contribution in [0.15, 0.2) is 77.9 Å². The third-order valence-corrected chi connectivity index (χ3v) is 6.27. The molecule has 0 aliphatic rings. The summed E-state index contributed by atoms with van der Waals surface area (Å²) in [6, 6.07) is 21.7. The third-order valence-electron chi connectivity index (χ3n) is 4.91. The summed E-state index contributed by atoms with van der Waals surface area (Å²) in [4.78, 5) is 12.4. The third kappa shape index (κ3) is 7.33. The van der Waals surface area contributed by atoms with Gasteiger partial charge in [0.15, 0.2) is 0 Å². The van der Waals surface area contributed by atoms with Gasteiger partial charge in [0.1, 0.15) is 18.9 Å². The number of sulfonamides is 1. The monoisotopic (exact) mass is 499 g/mol. The second-order valence-electron chi connectivity index (χ2n) is 7.53. The molecule has 9 heteroatoms. The van der Waals surface area contributed by atoms with Crippen LogP contribution in [0.2, 0.25) is 5.02 Å². The molecule has 7 nitrogen and oxygen atoms in total. The lowest BCUT2D eigenvalue weighted by Crippen LogP contribution is -2.39. The number of ether oxygens (including phenoxy) is 1. The largest absolute Gasteiger partial charge is 0.489 e. The van der Waals surface area contributed by atoms with E-state index in [0.717, 1.165) is 27.3 Å². The van der Waals surface area contributed by atoms with Crippen LogP contribution in [-0.4, -0.2) is 33.3 Å². The van der Waals surface area contributed by atoms with E-state index in [4.69, 9.17) is 16.3 Å². The summed E-state index contributed by atoms with van der Waals surface area (Å²) in [6.07, 6.45) is 3.19. The summed E-state index contributed by atoms with van der Waals surface area (Å²) in [5, 5.41) is 4.60. The fraction of sp³-hybridized carbons (Fsp3) is 0.200. The number of amides is 1. The fourth-order valence-corrected chi connectivity index (χ4v) is 4.32. The van der Waals surface area contributed by atoms with Crippen LogP contribution in [0.3, 0.4) is 0 Å². The first-order valence-corrected chi connectivity index (χ1v) is 12.8. The maximum Gasteiger partial charge on any atom is 0.260 e. The number of anilines is 1. The molecular formula is C25H26ClN3O4S. The van der Waals surface area contributed by atoms with E-state index in [-0.39, 0.29) is 6.54 Å². The Kier molecular flexibility index (Phi) is 8.67. The van der Waals surface area contributed by atoms with Gasteiger partial charge in [-0.3, -0.25) is 9.10 Å². The number of halogens is 1. The Hall–Kier alpha value is -3.36. The number of aryl methyl sites for hydroxylation is 1. The number of nitrogens with one attached hydrogen (secondary N) is 1. The summed E-state index contributed by atoms with van der Waals surface area (Å²) >= 11 is 5.98. The summed E-state index contributed by atoms with van der Waals surface area (Å²) in [5.41, 5.74) is 5.42. The number of hydrazone groups is 1. The van der Waals surface area contributed by atoms with Gasteiger partial charge in [-0.25, -0.2) is 13.8 Å². The van der Waals surface area contributed by atoms with E-state index in [2.05, 4.69) is 10.5 Å². The van der Waals surface area contributed by atoms with Crippen LogP contribution < -0.4 is 14.5 Å². The standard InChI is InChI=1S/C25H26ClN3O4S/c1-3-21-8-4-5-10-24(21)29(34(2,31)32)17-25(30)28-27-16-19-11-13-23(14-12-19)33-18-20-7-6-9-22(26)15-20/h4-16H,3,17-18H2,1-2H3,(H,28,30)/b27-16-. The normalized spacial score (nSPS) is 11.4. The minimum absolute atomic E-state index is 0.372. The Morgan fingerprint density at radius 2 is 1.82 bits per heavy atom. The van der Waals surface area contributed by atoms with Crippen molar-refractivity contribution in [2.24, 2.45) is 5.10 Å². The second kappa shape index (κ2) is 11.7. The SMILES string of the molecule is CCc1ccccc1N(CC(=O)N/N=C\c1ccc(OCc2cccc(Cl)c2)cc1)S(C)(=O)=O. The van der Waals surface area contributed by atoms with Crippen LogP contribution in [0.5, 0.6) is 5.75 Å². The molecule has 3 rings (SSSR count). The van der Waals surface area contributed by atoms with E-state index in [1.54, 1.807) is 42.5 Å². The molecule has 0 spiro atoms. The lowest BCUT2D eigenvalue weighted by molar-refractivity contribution is -0.119. The molecule has 0 aromatic heterocycles. The summed E-state index contributed by atoms with van der Waals surface area (Å²) in [6.45, 7) is 1.95. The Morgan fingerprint density at radius 3 is 2.50 bits per heavy atom. The highest BCUT2D eigenvalue weighted by molar-refractivity contribution is 7.92. The van der Waals surface area contributed by atoms with Crippen LogP contribution in [0.1, 0.15) is 23.6 Å². The molecule has 0 saturated carbocycles. The fourth-order valence-electron chi connectivity index (χ4n) is 3.22. The van der Waals surface area contributed by atoms with Crippen LogP contribution >= 0.6 is 11.6 Å².